The highest BCUT2D eigenvalue weighted by atomic mass is 19.1. The maximum absolute atomic E-state index is 13.1. The Bertz CT molecular complexity index is 334. The minimum atomic E-state index is -1.36. The summed E-state index contributed by atoms with van der Waals surface area (Å²) in [6.07, 6.45) is 0. The molecule has 1 unspecified atom stereocenters. The van der Waals surface area contributed by atoms with Crippen LogP contribution in [0.4, 0.5) is 8.78 Å². The van der Waals surface area contributed by atoms with Gasteiger partial charge in [-0.2, -0.15) is 0 Å². The van der Waals surface area contributed by atoms with E-state index in [9.17, 15) is 13.6 Å². The van der Waals surface area contributed by atoms with Crippen molar-refractivity contribution in [2.24, 2.45) is 0 Å². The average molecular weight is 201 g/mol. The molecule has 0 bridgehead atoms. The fourth-order valence-electron chi connectivity index (χ4n) is 1.18. The highest BCUT2D eigenvalue weighted by Gasteiger charge is 2.24. The predicted molar refractivity (Wildman–Crippen MR) is 45.8 cm³/mol. The molecule has 1 aromatic rings. The van der Waals surface area contributed by atoms with E-state index in [1.54, 1.807) is 0 Å². The lowest BCUT2D eigenvalue weighted by molar-refractivity contribution is -0.139. The van der Waals surface area contributed by atoms with Crippen LogP contribution in [0.1, 0.15) is 11.6 Å². The van der Waals surface area contributed by atoms with Crippen molar-refractivity contribution < 1.29 is 18.7 Å². The fourth-order valence-corrected chi connectivity index (χ4v) is 1.18. The Morgan fingerprint density at radius 2 is 1.93 bits per heavy atom. The van der Waals surface area contributed by atoms with Crippen LogP contribution in [0, 0.1) is 11.6 Å². The first-order valence-corrected chi connectivity index (χ1v) is 3.92. The van der Waals surface area contributed by atoms with Crippen LogP contribution in [0.25, 0.3) is 0 Å². The predicted octanol–water partition coefficient (Wildman–Crippen LogP) is 1.31. The topological polar surface area (TPSA) is 49.3 Å². The van der Waals surface area contributed by atoms with Gasteiger partial charge in [-0.25, -0.2) is 8.78 Å². The number of aliphatic carboxylic acids is 1. The van der Waals surface area contributed by atoms with Gasteiger partial charge in [0.15, 0.2) is 0 Å². The van der Waals surface area contributed by atoms with E-state index in [-0.39, 0.29) is 0 Å². The molecular formula is C9H9F2NO2. The van der Waals surface area contributed by atoms with E-state index in [4.69, 9.17) is 5.11 Å². The fraction of sp³-hybridized carbons (Fsp3) is 0.222. The smallest absolute Gasteiger partial charge is 0.325 e. The van der Waals surface area contributed by atoms with E-state index >= 15 is 0 Å². The molecule has 0 fully saturated rings. The van der Waals surface area contributed by atoms with E-state index in [1.807, 2.05) is 0 Å². The first kappa shape index (κ1) is 10.6. The molecule has 0 saturated carbocycles. The van der Waals surface area contributed by atoms with Gasteiger partial charge in [-0.1, -0.05) is 6.07 Å². The van der Waals surface area contributed by atoms with Gasteiger partial charge in [-0.15, -0.1) is 0 Å². The quantitative estimate of drug-likeness (QED) is 0.775. The zero-order valence-electron chi connectivity index (χ0n) is 7.42. The van der Waals surface area contributed by atoms with Gasteiger partial charge in [0.25, 0.3) is 0 Å². The lowest BCUT2D eigenvalue weighted by atomic mass is 10.1. The molecular weight excluding hydrogens is 192 g/mol. The molecule has 0 saturated heterocycles. The molecule has 0 aliphatic heterocycles. The Kier molecular flexibility index (Phi) is 3.14. The molecule has 0 aromatic heterocycles. The largest absolute Gasteiger partial charge is 0.480 e. The van der Waals surface area contributed by atoms with E-state index in [1.165, 1.54) is 13.1 Å². The summed E-state index contributed by atoms with van der Waals surface area (Å²) >= 11 is 0. The van der Waals surface area contributed by atoms with E-state index < -0.39 is 29.2 Å². The van der Waals surface area contributed by atoms with Crippen LogP contribution in [0.15, 0.2) is 18.2 Å². The highest BCUT2D eigenvalue weighted by molar-refractivity contribution is 5.75. The van der Waals surface area contributed by atoms with Crippen molar-refractivity contribution >= 4 is 5.97 Å². The lowest BCUT2D eigenvalue weighted by Crippen LogP contribution is -2.27. The van der Waals surface area contributed by atoms with Gasteiger partial charge < -0.3 is 10.4 Å². The van der Waals surface area contributed by atoms with Crippen LogP contribution in [-0.2, 0) is 4.79 Å². The molecule has 0 heterocycles. The summed E-state index contributed by atoms with van der Waals surface area (Å²) in [5.74, 6) is -3.06. The molecule has 2 N–H and O–H groups in total. The van der Waals surface area contributed by atoms with Crippen LogP contribution < -0.4 is 5.32 Å². The first-order chi connectivity index (χ1) is 6.57. The maximum Gasteiger partial charge on any atom is 0.325 e. The molecule has 1 rings (SSSR count). The van der Waals surface area contributed by atoms with Crippen molar-refractivity contribution in [3.05, 3.63) is 35.4 Å². The molecule has 3 nitrogen and oxygen atoms in total. The maximum atomic E-state index is 13.1. The number of halogens is 2. The summed E-state index contributed by atoms with van der Waals surface area (Å²) in [5.41, 5.74) is -0.470. The van der Waals surface area contributed by atoms with Gasteiger partial charge in [-0.05, 0) is 19.2 Å². The number of carboxylic acid groups (broad SMARTS) is 1. The summed E-state index contributed by atoms with van der Waals surface area (Å²) in [7, 11) is 1.32. The van der Waals surface area contributed by atoms with Gasteiger partial charge in [0.05, 0.1) is 5.56 Å². The second-order valence-corrected chi connectivity index (χ2v) is 2.70. The number of nitrogens with one attached hydrogen (secondary N) is 1. The Hall–Kier alpha value is -1.49. The Morgan fingerprint density at radius 3 is 2.29 bits per heavy atom. The Morgan fingerprint density at radius 1 is 1.43 bits per heavy atom. The second-order valence-electron chi connectivity index (χ2n) is 2.70. The molecule has 0 amide bonds. The lowest BCUT2D eigenvalue weighted by Gasteiger charge is -2.12. The Labute approximate surface area is 79.4 Å². The number of carboxylic acids is 1. The molecule has 0 aliphatic carbocycles. The third-order valence-electron chi connectivity index (χ3n) is 1.82. The van der Waals surface area contributed by atoms with Crippen molar-refractivity contribution in [2.75, 3.05) is 7.05 Å². The number of hydrogen-bond acceptors (Lipinski definition) is 2. The zero-order chi connectivity index (χ0) is 10.7. The van der Waals surface area contributed by atoms with E-state index in [0.717, 1.165) is 12.1 Å². The molecule has 0 spiro atoms. The standard InChI is InChI=1S/C9H9F2NO2/c1-12-8(9(13)14)7-5(10)3-2-4-6(7)11/h2-4,8,12H,1H3,(H,13,14). The average Bonchev–Trinajstić information content (AvgIpc) is 2.10. The van der Waals surface area contributed by atoms with E-state index in [2.05, 4.69) is 5.32 Å². The minimum absolute atomic E-state index is 0.470. The Balaban J connectivity index is 3.22. The van der Waals surface area contributed by atoms with Crippen molar-refractivity contribution in [1.29, 1.82) is 0 Å². The van der Waals surface area contributed by atoms with Gasteiger partial charge >= 0.3 is 5.97 Å². The van der Waals surface area contributed by atoms with Gasteiger partial charge in [0.2, 0.25) is 0 Å². The van der Waals surface area contributed by atoms with Crippen molar-refractivity contribution in [2.45, 2.75) is 6.04 Å². The summed E-state index contributed by atoms with van der Waals surface area (Å²) in [6, 6.07) is 1.86. The van der Waals surface area contributed by atoms with Gasteiger partial charge in [0, 0.05) is 0 Å². The normalized spacial score (nSPS) is 12.5. The van der Waals surface area contributed by atoms with Crippen molar-refractivity contribution in [3.8, 4) is 0 Å². The molecule has 0 aliphatic rings. The van der Waals surface area contributed by atoms with Crippen LogP contribution in [0.3, 0.4) is 0 Å². The van der Waals surface area contributed by atoms with Crippen LogP contribution in [0.2, 0.25) is 0 Å². The number of likely N-dealkylation sites (N-methyl/N-ethyl adjacent to an activating group) is 1. The molecule has 1 aromatic carbocycles. The molecule has 76 valence electrons. The number of benzene rings is 1. The number of hydrogen-bond donors (Lipinski definition) is 2. The molecule has 1 atom stereocenters. The molecule has 5 heteroatoms. The number of carbonyl (C=O) groups is 1. The van der Waals surface area contributed by atoms with Crippen LogP contribution >= 0.6 is 0 Å². The van der Waals surface area contributed by atoms with E-state index in [0.29, 0.717) is 0 Å². The summed E-state index contributed by atoms with van der Waals surface area (Å²) in [4.78, 5) is 10.6. The highest BCUT2D eigenvalue weighted by Crippen LogP contribution is 2.20. The van der Waals surface area contributed by atoms with Crippen LogP contribution in [0.5, 0.6) is 0 Å². The van der Waals surface area contributed by atoms with Gasteiger partial charge in [-0.3, -0.25) is 4.79 Å². The SMILES string of the molecule is CNC(C(=O)O)c1c(F)cccc1F. The zero-order valence-corrected chi connectivity index (χ0v) is 7.42. The summed E-state index contributed by atoms with van der Waals surface area (Å²) in [6.45, 7) is 0. The summed E-state index contributed by atoms with van der Waals surface area (Å²) < 4.78 is 26.2. The molecule has 14 heavy (non-hydrogen) atoms. The molecule has 0 radical (unpaired) electrons. The van der Waals surface area contributed by atoms with Crippen molar-refractivity contribution in [1.82, 2.24) is 5.32 Å². The first-order valence-electron chi connectivity index (χ1n) is 3.92. The summed E-state index contributed by atoms with van der Waals surface area (Å²) in [5, 5.41) is 11.0. The number of rotatable bonds is 3. The van der Waals surface area contributed by atoms with Crippen LogP contribution in [-0.4, -0.2) is 18.1 Å². The van der Waals surface area contributed by atoms with Gasteiger partial charge in [0.1, 0.15) is 17.7 Å². The minimum Gasteiger partial charge on any atom is -0.480 e. The third kappa shape index (κ3) is 1.88. The van der Waals surface area contributed by atoms with Crippen molar-refractivity contribution in [3.63, 3.8) is 0 Å². The second kappa shape index (κ2) is 4.15. The monoisotopic (exact) mass is 201 g/mol. The third-order valence-corrected chi connectivity index (χ3v) is 1.82.